The lowest BCUT2D eigenvalue weighted by molar-refractivity contribution is 0.0641. The number of fused-ring (bicyclic) bond motifs is 1. The van der Waals surface area contributed by atoms with Gasteiger partial charge < -0.3 is 20.4 Å². The number of nitrogens with one attached hydrogen (secondary N) is 1. The van der Waals surface area contributed by atoms with Gasteiger partial charge in [-0.3, -0.25) is 0 Å². The summed E-state index contributed by atoms with van der Waals surface area (Å²) < 4.78 is 5.52. The highest BCUT2D eigenvalue weighted by Crippen LogP contribution is 2.29. The van der Waals surface area contributed by atoms with Crippen LogP contribution in [0, 0.1) is 0 Å². The molecule has 0 bridgehead atoms. The Hall–Kier alpha value is -1.89. The van der Waals surface area contributed by atoms with Crippen LogP contribution in [0.3, 0.4) is 0 Å². The Kier molecular flexibility index (Phi) is 2.37. The molecule has 0 unspecified atom stereocenters. The molecule has 1 saturated heterocycles. The van der Waals surface area contributed by atoms with Crippen LogP contribution in [0.4, 0.5) is 11.8 Å². The van der Waals surface area contributed by atoms with E-state index in [0.29, 0.717) is 18.9 Å². The van der Waals surface area contributed by atoms with Crippen LogP contribution in [0.2, 0.25) is 0 Å². The Morgan fingerprint density at radius 2 is 2.28 bits per heavy atom. The van der Waals surface area contributed by atoms with Crippen molar-refractivity contribution in [2.75, 3.05) is 30.4 Å². The van der Waals surface area contributed by atoms with Gasteiger partial charge in [0.1, 0.15) is 5.52 Å². The summed E-state index contributed by atoms with van der Waals surface area (Å²) in [5, 5.41) is 0. The van der Waals surface area contributed by atoms with E-state index in [1.165, 1.54) is 0 Å². The maximum atomic E-state index is 5.75. The van der Waals surface area contributed by atoms with Gasteiger partial charge in [-0.15, -0.1) is 0 Å². The van der Waals surface area contributed by atoms with Gasteiger partial charge in [-0.25, -0.2) is 4.98 Å². The van der Waals surface area contributed by atoms with Crippen LogP contribution < -0.4 is 10.6 Å². The van der Waals surface area contributed by atoms with E-state index in [-0.39, 0.29) is 11.5 Å². The SMILES string of the molecule is CC1(C)COCCN1c1nc(N)nc2nc[nH]c12. The average Bonchev–Trinajstić information content (AvgIpc) is 2.75. The number of aromatic nitrogens is 4. The highest BCUT2D eigenvalue weighted by molar-refractivity contribution is 5.84. The third-order valence-corrected chi connectivity index (χ3v) is 3.18. The normalized spacial score (nSPS) is 19.3. The van der Waals surface area contributed by atoms with Crippen molar-refractivity contribution in [2.45, 2.75) is 19.4 Å². The van der Waals surface area contributed by atoms with Gasteiger partial charge in [0.25, 0.3) is 0 Å². The van der Waals surface area contributed by atoms with E-state index in [0.717, 1.165) is 17.9 Å². The van der Waals surface area contributed by atoms with Crippen molar-refractivity contribution < 1.29 is 4.74 Å². The minimum atomic E-state index is -0.128. The number of hydrogen-bond acceptors (Lipinski definition) is 6. The monoisotopic (exact) mass is 248 g/mol. The number of morpholine rings is 1. The Bertz CT molecular complexity index is 578. The van der Waals surface area contributed by atoms with Gasteiger partial charge in [-0.1, -0.05) is 0 Å². The van der Waals surface area contributed by atoms with Gasteiger partial charge in [0, 0.05) is 6.54 Å². The Balaban J connectivity index is 2.15. The number of anilines is 2. The van der Waals surface area contributed by atoms with Gasteiger partial charge in [-0.05, 0) is 13.8 Å². The van der Waals surface area contributed by atoms with Crippen molar-refractivity contribution in [1.29, 1.82) is 0 Å². The van der Waals surface area contributed by atoms with E-state index in [1.54, 1.807) is 6.33 Å². The lowest BCUT2D eigenvalue weighted by Crippen LogP contribution is -2.53. The third-order valence-electron chi connectivity index (χ3n) is 3.18. The van der Waals surface area contributed by atoms with Crippen LogP contribution in [0.15, 0.2) is 6.33 Å². The van der Waals surface area contributed by atoms with E-state index >= 15 is 0 Å². The van der Waals surface area contributed by atoms with Gasteiger partial charge in [0.15, 0.2) is 11.5 Å². The first-order valence-electron chi connectivity index (χ1n) is 5.90. The molecule has 1 aliphatic heterocycles. The number of nitrogens with zero attached hydrogens (tertiary/aromatic N) is 4. The summed E-state index contributed by atoms with van der Waals surface area (Å²) in [6.45, 7) is 6.35. The molecule has 0 amide bonds. The summed E-state index contributed by atoms with van der Waals surface area (Å²) in [5.74, 6) is 1.04. The molecule has 18 heavy (non-hydrogen) atoms. The van der Waals surface area contributed by atoms with Crippen LogP contribution in [0.5, 0.6) is 0 Å². The van der Waals surface area contributed by atoms with Crippen LogP contribution >= 0.6 is 0 Å². The lowest BCUT2D eigenvalue weighted by atomic mass is 10.0. The summed E-state index contributed by atoms with van der Waals surface area (Å²) in [6, 6.07) is 0. The first-order valence-corrected chi connectivity index (χ1v) is 5.90. The van der Waals surface area contributed by atoms with Gasteiger partial charge in [-0.2, -0.15) is 9.97 Å². The van der Waals surface area contributed by atoms with E-state index in [4.69, 9.17) is 10.5 Å². The number of nitrogens with two attached hydrogens (primary N) is 1. The molecular weight excluding hydrogens is 232 g/mol. The molecule has 0 radical (unpaired) electrons. The predicted molar refractivity (Wildman–Crippen MR) is 68.3 cm³/mol. The molecule has 7 heteroatoms. The van der Waals surface area contributed by atoms with E-state index in [1.807, 2.05) is 0 Å². The lowest BCUT2D eigenvalue weighted by Gasteiger charge is -2.42. The van der Waals surface area contributed by atoms with Crippen molar-refractivity contribution in [1.82, 2.24) is 19.9 Å². The molecule has 2 aromatic rings. The molecule has 7 nitrogen and oxygen atoms in total. The van der Waals surface area contributed by atoms with Gasteiger partial charge >= 0.3 is 0 Å². The minimum Gasteiger partial charge on any atom is -0.377 e. The molecule has 3 N–H and O–H groups in total. The summed E-state index contributed by atoms with van der Waals surface area (Å²) in [4.78, 5) is 17.9. The topological polar surface area (TPSA) is 92.9 Å². The Labute approximate surface area is 104 Å². The zero-order chi connectivity index (χ0) is 12.8. The highest BCUT2D eigenvalue weighted by atomic mass is 16.5. The van der Waals surface area contributed by atoms with Crippen LogP contribution in [0.1, 0.15) is 13.8 Å². The van der Waals surface area contributed by atoms with E-state index < -0.39 is 0 Å². The molecule has 1 fully saturated rings. The number of H-pyrrole nitrogens is 1. The molecule has 0 atom stereocenters. The van der Waals surface area contributed by atoms with Crippen LogP contribution in [-0.4, -0.2) is 45.2 Å². The molecular formula is C11H16N6O. The summed E-state index contributed by atoms with van der Waals surface area (Å²) in [7, 11) is 0. The van der Waals surface area contributed by atoms with Crippen LogP contribution in [-0.2, 0) is 4.74 Å². The van der Waals surface area contributed by atoms with Crippen molar-refractivity contribution in [2.24, 2.45) is 0 Å². The number of imidazole rings is 1. The maximum Gasteiger partial charge on any atom is 0.224 e. The first kappa shape index (κ1) is 11.2. The zero-order valence-electron chi connectivity index (χ0n) is 10.5. The molecule has 0 saturated carbocycles. The molecule has 96 valence electrons. The fourth-order valence-electron chi connectivity index (χ4n) is 2.28. The number of rotatable bonds is 1. The van der Waals surface area contributed by atoms with Crippen LogP contribution in [0.25, 0.3) is 11.2 Å². The smallest absolute Gasteiger partial charge is 0.224 e. The molecule has 1 aliphatic rings. The predicted octanol–water partition coefficient (Wildman–Crippen LogP) is 0.550. The fraction of sp³-hybridized carbons (Fsp3) is 0.545. The Morgan fingerprint density at radius 1 is 1.44 bits per heavy atom. The standard InChI is InChI=1S/C11H16N6O/c1-11(2)5-18-4-3-17(11)9-7-8(14-6-13-7)15-10(12)16-9/h6H,3-5H2,1-2H3,(H3,12,13,14,15,16). The van der Waals surface area contributed by atoms with Crippen molar-refractivity contribution >= 4 is 22.9 Å². The van der Waals surface area contributed by atoms with Crippen molar-refractivity contribution in [3.8, 4) is 0 Å². The van der Waals surface area contributed by atoms with E-state index in [2.05, 4.69) is 38.7 Å². The number of ether oxygens (including phenoxy) is 1. The highest BCUT2D eigenvalue weighted by Gasteiger charge is 2.33. The molecule has 2 aromatic heterocycles. The molecule has 0 aromatic carbocycles. The van der Waals surface area contributed by atoms with Gasteiger partial charge in [0.05, 0.1) is 25.1 Å². The first-order chi connectivity index (χ1) is 8.58. The maximum absolute atomic E-state index is 5.75. The number of aromatic amines is 1. The van der Waals surface area contributed by atoms with Crippen molar-refractivity contribution in [3.05, 3.63) is 6.33 Å². The third kappa shape index (κ3) is 1.67. The Morgan fingerprint density at radius 3 is 3.06 bits per heavy atom. The minimum absolute atomic E-state index is 0.128. The summed E-state index contributed by atoms with van der Waals surface area (Å²) in [5.41, 5.74) is 7.03. The number of hydrogen-bond donors (Lipinski definition) is 2. The molecule has 0 aliphatic carbocycles. The number of nitrogen functional groups attached to an aromatic ring is 1. The second-order valence-corrected chi connectivity index (χ2v) is 5.02. The second kappa shape index (κ2) is 3.81. The van der Waals surface area contributed by atoms with E-state index in [9.17, 15) is 0 Å². The summed E-state index contributed by atoms with van der Waals surface area (Å²) in [6.07, 6.45) is 1.61. The van der Waals surface area contributed by atoms with Crippen molar-refractivity contribution in [3.63, 3.8) is 0 Å². The summed E-state index contributed by atoms with van der Waals surface area (Å²) >= 11 is 0. The van der Waals surface area contributed by atoms with Gasteiger partial charge in [0.2, 0.25) is 5.95 Å². The quantitative estimate of drug-likeness (QED) is 0.765. The fourth-order valence-corrected chi connectivity index (χ4v) is 2.28. The largest absolute Gasteiger partial charge is 0.377 e. The average molecular weight is 248 g/mol. The molecule has 3 heterocycles. The molecule has 0 spiro atoms. The zero-order valence-corrected chi connectivity index (χ0v) is 10.5. The second-order valence-electron chi connectivity index (χ2n) is 5.02. The molecule has 3 rings (SSSR count).